The molecule has 0 spiro atoms. The number of aliphatic hydroxyl groups is 2. The number of fused-ring (bicyclic) bond motifs is 8. The van der Waals surface area contributed by atoms with Gasteiger partial charge >= 0.3 is 11.9 Å². The van der Waals surface area contributed by atoms with Crippen molar-refractivity contribution in [3.05, 3.63) is 118 Å². The van der Waals surface area contributed by atoms with Crippen LogP contribution in [0.25, 0.3) is 56.5 Å². The topological polar surface area (TPSA) is 172 Å². The van der Waals surface area contributed by atoms with E-state index in [4.69, 9.17) is 9.97 Å². The Balaban J connectivity index is 1.60. The Labute approximate surface area is 325 Å². The zero-order chi connectivity index (χ0) is 39.3. The van der Waals surface area contributed by atoms with Gasteiger partial charge in [-0.2, -0.15) is 0 Å². The van der Waals surface area contributed by atoms with E-state index in [9.17, 15) is 30.0 Å². The molecule has 2 aromatic carbocycles. The van der Waals surface area contributed by atoms with E-state index < -0.39 is 24.1 Å². The predicted octanol–water partition coefficient (Wildman–Crippen LogP) is 10.2. The summed E-state index contributed by atoms with van der Waals surface area (Å²) in [6.45, 7) is 4.36. The number of carboxylic acids is 2. The lowest BCUT2D eigenvalue weighted by atomic mass is 9.97. The molecule has 0 amide bonds. The second-order valence-corrected chi connectivity index (χ2v) is 14.7. The van der Waals surface area contributed by atoms with Gasteiger partial charge in [0.05, 0.1) is 33.9 Å². The standard InChI is InChI=1S/C46H48N4O6/c1-3-5-7-9-11-31-33-21-22-35(47-33)32(12-10-8-6-4-2)41-43(51)44(52)42(50-41)40(28-15-19-30(20-16-28)46(55)56)38-26-25-37(49-38)39(36-24-23-34(31)48-36)27-13-17-29(18-14-27)45(53)54/h13-26,43-44,47,49,51-52H,3-12H2,1-2H3,(H,53,54)(H,55,56)/t43?,44-/m1/s1. The van der Waals surface area contributed by atoms with E-state index in [0.29, 0.717) is 40.0 Å². The van der Waals surface area contributed by atoms with Crippen LogP contribution in [0, 0.1) is 0 Å². The number of carbonyl (C=O) groups is 2. The number of H-pyrrole nitrogens is 2. The fourth-order valence-electron chi connectivity index (χ4n) is 7.81. The highest BCUT2D eigenvalue weighted by atomic mass is 16.4. The van der Waals surface area contributed by atoms with Crippen LogP contribution in [0.2, 0.25) is 0 Å². The van der Waals surface area contributed by atoms with Gasteiger partial charge in [-0.25, -0.2) is 14.6 Å². The van der Waals surface area contributed by atoms with Crippen LogP contribution >= 0.6 is 0 Å². The van der Waals surface area contributed by atoms with Crippen LogP contribution in [-0.4, -0.2) is 52.3 Å². The average molecular weight is 753 g/mol. The number of nitrogens with zero attached hydrogens (tertiary/aromatic N) is 2. The number of benzene rings is 2. The van der Waals surface area contributed by atoms with E-state index in [1.54, 1.807) is 36.4 Å². The maximum atomic E-state index is 11.9. The Morgan fingerprint density at radius 1 is 0.536 bits per heavy atom. The highest BCUT2D eigenvalue weighted by molar-refractivity contribution is 5.95. The summed E-state index contributed by atoms with van der Waals surface area (Å²) >= 11 is 0. The summed E-state index contributed by atoms with van der Waals surface area (Å²) in [6.07, 6.45) is 11.2. The minimum absolute atomic E-state index is 0.112. The first-order chi connectivity index (χ1) is 27.2. The molecule has 0 saturated heterocycles. The van der Waals surface area contributed by atoms with Gasteiger partial charge in [-0.05, 0) is 103 Å². The zero-order valence-electron chi connectivity index (χ0n) is 31.8. The van der Waals surface area contributed by atoms with Gasteiger partial charge in [-0.15, -0.1) is 0 Å². The smallest absolute Gasteiger partial charge is 0.335 e. The summed E-state index contributed by atoms with van der Waals surface area (Å²) in [6, 6.07) is 21.0. The molecule has 3 aromatic heterocycles. The number of aromatic amines is 2. The van der Waals surface area contributed by atoms with Crippen LogP contribution in [-0.2, 0) is 12.8 Å². The third kappa shape index (κ3) is 7.80. The van der Waals surface area contributed by atoms with Crippen molar-refractivity contribution in [1.29, 1.82) is 0 Å². The number of hydrogen-bond acceptors (Lipinski definition) is 6. The van der Waals surface area contributed by atoms with Gasteiger partial charge in [-0.1, -0.05) is 76.6 Å². The minimum Gasteiger partial charge on any atom is -0.478 e. The normalized spacial score (nSPS) is 15.0. The molecule has 10 heteroatoms. The van der Waals surface area contributed by atoms with Crippen molar-refractivity contribution in [1.82, 2.24) is 19.9 Å². The molecule has 10 nitrogen and oxygen atoms in total. The third-order valence-corrected chi connectivity index (χ3v) is 10.8. The van der Waals surface area contributed by atoms with E-state index in [1.165, 1.54) is 12.1 Å². The van der Waals surface area contributed by atoms with E-state index in [0.717, 1.165) is 96.8 Å². The first-order valence-electron chi connectivity index (χ1n) is 19.7. The molecule has 7 rings (SSSR count). The summed E-state index contributed by atoms with van der Waals surface area (Å²) in [5.41, 5.74) is 10.0. The van der Waals surface area contributed by atoms with E-state index >= 15 is 0 Å². The lowest BCUT2D eigenvalue weighted by Crippen LogP contribution is -2.06. The fraction of sp³-hybridized carbons (Fsp3) is 0.304. The Kier molecular flexibility index (Phi) is 11.6. The van der Waals surface area contributed by atoms with Crippen molar-refractivity contribution in [3.8, 4) is 22.3 Å². The van der Waals surface area contributed by atoms with Crippen molar-refractivity contribution in [2.75, 3.05) is 0 Å². The van der Waals surface area contributed by atoms with Gasteiger partial charge in [0.2, 0.25) is 0 Å². The number of nitrogens with one attached hydrogen (secondary N) is 2. The van der Waals surface area contributed by atoms with E-state index in [-0.39, 0.29) is 16.8 Å². The largest absolute Gasteiger partial charge is 0.478 e. The lowest BCUT2D eigenvalue weighted by Gasteiger charge is -2.13. The molecule has 8 bridgehead atoms. The first-order valence-corrected chi connectivity index (χ1v) is 19.7. The van der Waals surface area contributed by atoms with Gasteiger partial charge in [0.25, 0.3) is 0 Å². The number of rotatable bonds is 14. The van der Waals surface area contributed by atoms with Gasteiger partial charge in [0.1, 0.15) is 12.2 Å². The molecule has 0 aliphatic carbocycles. The number of unbranched alkanes of at least 4 members (excludes halogenated alkanes) is 6. The summed E-state index contributed by atoms with van der Waals surface area (Å²) < 4.78 is 0. The van der Waals surface area contributed by atoms with Crippen LogP contribution in [0.1, 0.15) is 132 Å². The molecule has 2 aliphatic rings. The molecule has 5 aromatic rings. The van der Waals surface area contributed by atoms with Crippen LogP contribution < -0.4 is 0 Å². The SMILES string of the molecule is CCCCCCc1c2nc(c(-c3ccc(C(=O)O)cc3)c3ccc([nH]3)c(-c3ccc(C(=O)O)cc3)c3nc(c(CCCCCC)c4ccc1[nH]4)C(O)[C@@H]3O)C=C2. The maximum absolute atomic E-state index is 11.9. The van der Waals surface area contributed by atoms with Crippen molar-refractivity contribution in [3.63, 3.8) is 0 Å². The van der Waals surface area contributed by atoms with Crippen molar-refractivity contribution >= 4 is 46.2 Å². The second-order valence-electron chi connectivity index (χ2n) is 14.7. The Morgan fingerprint density at radius 3 is 1.57 bits per heavy atom. The average Bonchev–Trinajstić information content (AvgIpc) is 4.03. The van der Waals surface area contributed by atoms with Crippen LogP contribution in [0.3, 0.4) is 0 Å². The molecule has 1 unspecified atom stereocenters. The van der Waals surface area contributed by atoms with Crippen LogP contribution in [0.15, 0.2) is 72.8 Å². The number of aliphatic hydroxyl groups excluding tert-OH is 2. The predicted molar refractivity (Wildman–Crippen MR) is 220 cm³/mol. The molecule has 5 heterocycles. The Morgan fingerprint density at radius 2 is 1.00 bits per heavy atom. The summed E-state index contributed by atoms with van der Waals surface area (Å²) in [5, 5.41) is 43.0. The second kappa shape index (κ2) is 16.9. The number of aryl methyl sites for hydroxylation is 2. The van der Waals surface area contributed by atoms with Crippen molar-refractivity contribution in [2.45, 2.75) is 90.3 Å². The third-order valence-electron chi connectivity index (χ3n) is 10.8. The molecule has 2 atom stereocenters. The summed E-state index contributed by atoms with van der Waals surface area (Å²) in [5.74, 6) is -2.08. The quantitative estimate of drug-likeness (QED) is 0.0597. The van der Waals surface area contributed by atoms with E-state index in [2.05, 4.69) is 29.9 Å². The molecule has 0 saturated carbocycles. The molecule has 288 valence electrons. The molecule has 6 N–H and O–H groups in total. The Hall–Kier alpha value is -5.84. The molecule has 0 fully saturated rings. The highest BCUT2D eigenvalue weighted by Crippen LogP contribution is 2.42. The van der Waals surface area contributed by atoms with Gasteiger partial charge in [-0.3, -0.25) is 4.98 Å². The number of carboxylic acid groups (broad SMARTS) is 2. The van der Waals surface area contributed by atoms with Gasteiger partial charge < -0.3 is 30.4 Å². The zero-order valence-corrected chi connectivity index (χ0v) is 31.8. The number of aromatic carboxylic acids is 2. The lowest BCUT2D eigenvalue weighted by molar-refractivity contribution is 0.0252. The molecule has 0 radical (unpaired) electrons. The monoisotopic (exact) mass is 752 g/mol. The molecule has 56 heavy (non-hydrogen) atoms. The van der Waals surface area contributed by atoms with Gasteiger partial charge in [0, 0.05) is 38.8 Å². The summed E-state index contributed by atoms with van der Waals surface area (Å²) in [4.78, 5) is 41.2. The minimum atomic E-state index is -1.37. The first kappa shape index (κ1) is 38.4. The molecular formula is C46H48N4O6. The Bertz CT molecular complexity index is 2440. The van der Waals surface area contributed by atoms with E-state index in [1.807, 2.05) is 30.4 Å². The number of hydrogen-bond donors (Lipinski definition) is 6. The van der Waals surface area contributed by atoms with Crippen molar-refractivity contribution in [2.24, 2.45) is 0 Å². The summed E-state index contributed by atoms with van der Waals surface area (Å²) in [7, 11) is 0. The van der Waals surface area contributed by atoms with Crippen LogP contribution in [0.5, 0.6) is 0 Å². The maximum Gasteiger partial charge on any atom is 0.335 e. The number of aromatic nitrogens is 4. The van der Waals surface area contributed by atoms with Crippen molar-refractivity contribution < 1.29 is 30.0 Å². The molecule has 2 aliphatic heterocycles. The van der Waals surface area contributed by atoms with Gasteiger partial charge in [0.15, 0.2) is 0 Å². The highest BCUT2D eigenvalue weighted by Gasteiger charge is 2.34. The fourth-order valence-corrected chi connectivity index (χ4v) is 7.81. The van der Waals surface area contributed by atoms with Crippen LogP contribution in [0.4, 0.5) is 0 Å². The molecular weight excluding hydrogens is 705 g/mol.